The van der Waals surface area contributed by atoms with Crippen LogP contribution in [0.2, 0.25) is 0 Å². The van der Waals surface area contributed by atoms with Gasteiger partial charge in [-0.05, 0) is 180 Å². The van der Waals surface area contributed by atoms with E-state index >= 15 is 0 Å². The number of hydrogen-bond donors (Lipinski definition) is 7. The number of Topliss-reactive ketones (excluding diaryl/α,β-unsaturated/α-hetero) is 3. The number of aromatic carboxylic acids is 1. The average molecular weight is 1420 g/mol. The van der Waals surface area contributed by atoms with E-state index in [1.807, 2.05) is 0 Å². The van der Waals surface area contributed by atoms with Crippen molar-refractivity contribution in [2.45, 2.75) is 156 Å². The molecule has 4 unspecified atom stereocenters. The quantitative estimate of drug-likeness (QED) is 0.0302. The number of carbonyl (C=O) groups excluding carboxylic acids is 5. The van der Waals surface area contributed by atoms with Crippen LogP contribution in [0, 0.1) is 34.6 Å². The third-order valence-electron chi connectivity index (χ3n) is 16.2. The summed E-state index contributed by atoms with van der Waals surface area (Å²) in [6.45, 7) is 12.4. The summed E-state index contributed by atoms with van der Waals surface area (Å²) < 4.78 is 179. The summed E-state index contributed by atoms with van der Waals surface area (Å²) in [6, 6.07) is 15.9. The van der Waals surface area contributed by atoms with Gasteiger partial charge in [0.25, 0.3) is 0 Å². The molecule has 8 rings (SSSR count). The van der Waals surface area contributed by atoms with E-state index in [-0.39, 0.29) is 132 Å². The van der Waals surface area contributed by atoms with Gasteiger partial charge < -0.3 is 50.6 Å². The minimum atomic E-state index is -5.20. The molecule has 0 saturated heterocycles. The van der Waals surface area contributed by atoms with Gasteiger partial charge in [-0.1, -0.05) is 61.5 Å². The molecule has 19 nitrogen and oxygen atoms in total. The normalized spacial score (nSPS) is 14.3. The number of carbonyl (C=O) groups is 4. The van der Waals surface area contributed by atoms with Crippen molar-refractivity contribution in [1.82, 2.24) is 0 Å². The molecule has 2 heterocycles. The van der Waals surface area contributed by atoms with Gasteiger partial charge in [-0.15, -0.1) is 0 Å². The van der Waals surface area contributed by atoms with Crippen molar-refractivity contribution < 1.29 is 117 Å². The fraction of sp³-hybridized carbons (Fsp3) is 0.348. The summed E-state index contributed by atoms with van der Waals surface area (Å²) in [5.41, 5.74) is -6.13. The number of halogens is 12. The maximum atomic E-state index is 14.2. The Balaban J connectivity index is 0.000000334. The van der Waals surface area contributed by atoms with Crippen LogP contribution in [0.25, 0.3) is 21.5 Å². The first-order valence-electron chi connectivity index (χ1n) is 29.8. The minimum absolute atomic E-state index is 0.000115. The molecule has 538 valence electrons. The van der Waals surface area contributed by atoms with Gasteiger partial charge in [0, 0.05) is 47.8 Å². The van der Waals surface area contributed by atoms with Gasteiger partial charge in [-0.2, -0.15) is 62.3 Å². The van der Waals surface area contributed by atoms with Gasteiger partial charge in [0.15, 0.2) is 34.0 Å². The molecular formula is C69H66F12N2O17. The van der Waals surface area contributed by atoms with Crippen LogP contribution in [0.1, 0.15) is 165 Å². The SMILES string of the molecule is CCC(=O)c1ccc(C(=O)Cc2c(C)cc(Cc3cc(C)c(C)c(C(C)(O)C(F)(F)F)c3)cc2C(C)(O)C(F)(F)F)cc1C(=O)O.Cc1cc(Cc2cc(C)c(N)c(C(C)(O)C(F)(F)F)c2)cc(C(C)(O)C(F)(F)F)c1N.O=C=O.O=c1oc(=O)c2cc3c(=O)oc(=O)c3cc12.[2H]CC(C)=O. The molecule has 8 aromatic rings. The minimum Gasteiger partial charge on any atom is -0.478 e. The third-order valence-corrected chi connectivity index (χ3v) is 16.2. The number of alkyl halides is 12. The molecular weight excluding hydrogens is 1360 g/mol. The zero-order valence-electron chi connectivity index (χ0n) is 55.9. The number of anilines is 2. The molecule has 0 spiro atoms. The monoisotopic (exact) mass is 1420 g/mol. The number of nitrogens with two attached hydrogens (primary N) is 2. The summed E-state index contributed by atoms with van der Waals surface area (Å²) in [5, 5.41) is 50.7. The number of hydrogen-bond acceptors (Lipinski definition) is 18. The van der Waals surface area contributed by atoms with Crippen LogP contribution < -0.4 is 34.0 Å². The number of ketones is 3. The van der Waals surface area contributed by atoms with Crippen LogP contribution in [0.3, 0.4) is 0 Å². The lowest BCUT2D eigenvalue weighted by atomic mass is 9.82. The number of carboxylic acids is 1. The van der Waals surface area contributed by atoms with Crippen LogP contribution in [0.4, 0.5) is 64.1 Å². The number of aryl methyl sites for hydroxylation is 4. The van der Waals surface area contributed by atoms with Gasteiger partial charge in [0.2, 0.25) is 0 Å². The molecule has 0 bridgehead atoms. The molecule has 100 heavy (non-hydrogen) atoms. The fourth-order valence-corrected chi connectivity index (χ4v) is 10.3. The van der Waals surface area contributed by atoms with Crippen LogP contribution in [0.15, 0.2) is 107 Å². The lowest BCUT2D eigenvalue weighted by Gasteiger charge is -2.31. The standard InChI is InChI=1S/C34H34F6O6.C21H24F6N2O2.C10H2O6.C3H6O.CO2/c1-7-28(41)23-9-8-22(15-25(23)30(43)44)29(42)16-24-18(3)11-21(14-27(24)32(6,46)34(38,39)40)12-20-10-17(2)19(4)26(13-20)31(5,45)33(35,36)37;1-10-5-12(8-14(16(10)28)18(3,30)20(22,23)24)7-13-6-11(2)17(29)15(9-13)19(4,31)21(25,26)27;11-7-3-1-4-6(10(14)16-8(4)12)2-5(3)9(13)15-7;1-3(2)4;2-1-3/h8-11,13-15,45-46H,7,12,16H2,1-6H3,(H,43,44);5-6,8-9,30-31H,7,28-29H2,1-4H3;1-2H;1-2H3;/i;;;1D;. The first-order chi connectivity index (χ1) is 46.0. The number of fused-ring (bicyclic) bond motifs is 2. The molecule has 2 aromatic heterocycles. The predicted molar refractivity (Wildman–Crippen MR) is 337 cm³/mol. The van der Waals surface area contributed by atoms with Gasteiger partial charge in [0.05, 0.1) is 27.1 Å². The Morgan fingerprint density at radius 3 is 1.12 bits per heavy atom. The highest BCUT2D eigenvalue weighted by Crippen LogP contribution is 2.46. The lowest BCUT2D eigenvalue weighted by molar-refractivity contribution is -0.259. The first kappa shape index (κ1) is 80.7. The van der Waals surface area contributed by atoms with Crippen LogP contribution in [0.5, 0.6) is 0 Å². The highest BCUT2D eigenvalue weighted by atomic mass is 19.4. The number of aliphatic hydroxyl groups is 4. The highest BCUT2D eigenvalue weighted by molar-refractivity contribution is 6.08. The zero-order chi connectivity index (χ0) is 77.7. The molecule has 0 saturated carbocycles. The van der Waals surface area contributed by atoms with Crippen molar-refractivity contribution in [2.24, 2.45) is 0 Å². The maximum Gasteiger partial charge on any atom is 0.421 e. The van der Waals surface area contributed by atoms with E-state index in [0.717, 1.165) is 42.5 Å². The smallest absolute Gasteiger partial charge is 0.421 e. The predicted octanol–water partition coefficient (Wildman–Crippen LogP) is 11.6. The second kappa shape index (κ2) is 30.3. The maximum absolute atomic E-state index is 14.2. The molecule has 9 N–H and O–H groups in total. The fourth-order valence-electron chi connectivity index (χ4n) is 10.3. The highest BCUT2D eigenvalue weighted by Gasteiger charge is 2.55. The van der Waals surface area contributed by atoms with E-state index in [2.05, 4.69) is 8.83 Å². The molecule has 0 radical (unpaired) electrons. The topological polar surface area (TPSA) is 350 Å². The van der Waals surface area contributed by atoms with Gasteiger partial charge in [-0.3, -0.25) is 9.59 Å². The van der Waals surface area contributed by atoms with Crippen molar-refractivity contribution in [3.8, 4) is 0 Å². The molecule has 0 aliphatic heterocycles. The Morgan fingerprint density at radius 1 is 0.480 bits per heavy atom. The molecule has 6 aromatic carbocycles. The molecule has 0 aliphatic rings. The number of nitrogen functional groups attached to an aromatic ring is 2. The van der Waals surface area contributed by atoms with Crippen molar-refractivity contribution in [2.75, 3.05) is 11.5 Å². The Hall–Kier alpha value is -9.94. The number of furan rings is 2. The summed E-state index contributed by atoms with van der Waals surface area (Å²) in [6.07, 6.45) is -20.9. The van der Waals surface area contributed by atoms with Crippen LogP contribution >= 0.6 is 0 Å². The van der Waals surface area contributed by atoms with E-state index in [4.69, 9.17) is 22.4 Å². The molecule has 0 amide bonds. The molecule has 4 atom stereocenters. The summed E-state index contributed by atoms with van der Waals surface area (Å²) in [4.78, 5) is 108. The third kappa shape index (κ3) is 17.9. The second-order valence-electron chi connectivity index (χ2n) is 23.9. The van der Waals surface area contributed by atoms with E-state index in [1.54, 1.807) is 6.07 Å². The summed E-state index contributed by atoms with van der Waals surface area (Å²) >= 11 is 0. The number of rotatable bonds is 14. The number of carboxylic acid groups (broad SMARTS) is 1. The average Bonchev–Trinajstić information content (AvgIpc) is 1.76. The molecule has 0 fully saturated rings. The van der Waals surface area contributed by atoms with Crippen LogP contribution in [-0.2, 0) is 56.1 Å². The van der Waals surface area contributed by atoms with Gasteiger partial charge >= 0.3 is 59.3 Å². The molecule has 31 heteroatoms. The summed E-state index contributed by atoms with van der Waals surface area (Å²) in [5.74, 6) is -2.81. The lowest BCUT2D eigenvalue weighted by Crippen LogP contribution is -2.40. The van der Waals surface area contributed by atoms with Crippen molar-refractivity contribution >= 4 is 62.4 Å². The number of benzene rings is 6. The van der Waals surface area contributed by atoms with Crippen LogP contribution in [-0.4, -0.2) is 79.7 Å². The van der Waals surface area contributed by atoms with Crippen molar-refractivity contribution in [3.63, 3.8) is 0 Å². The van der Waals surface area contributed by atoms with E-state index < -0.39 is 121 Å². The Labute approximate surface area is 560 Å². The van der Waals surface area contributed by atoms with E-state index in [9.17, 15) is 117 Å². The molecule has 0 aliphatic carbocycles. The Bertz CT molecular complexity index is 4530. The first-order valence-corrected chi connectivity index (χ1v) is 29.1. The van der Waals surface area contributed by atoms with Gasteiger partial charge in [0.1, 0.15) is 5.78 Å². The second-order valence-corrected chi connectivity index (χ2v) is 23.9. The van der Waals surface area contributed by atoms with Crippen molar-refractivity contribution in [1.29, 1.82) is 0 Å². The zero-order valence-corrected chi connectivity index (χ0v) is 54.9. The summed E-state index contributed by atoms with van der Waals surface area (Å²) in [7, 11) is 0. The van der Waals surface area contributed by atoms with E-state index in [0.29, 0.717) is 33.3 Å². The largest absolute Gasteiger partial charge is 0.478 e. The van der Waals surface area contributed by atoms with E-state index in [1.165, 1.54) is 78.8 Å². The van der Waals surface area contributed by atoms with Gasteiger partial charge in [-0.25, -0.2) is 24.0 Å². The Morgan fingerprint density at radius 2 is 0.790 bits per heavy atom. The Kier molecular flexibility index (Phi) is 24.4. The van der Waals surface area contributed by atoms with Crippen molar-refractivity contribution in [3.05, 3.63) is 215 Å².